The number of rotatable bonds is 8. The van der Waals surface area contributed by atoms with E-state index in [0.717, 1.165) is 55.1 Å². The number of hydrogen-bond donors (Lipinski definition) is 0. The lowest BCUT2D eigenvalue weighted by atomic mass is 9.99. The molecule has 0 radical (unpaired) electrons. The Morgan fingerprint density at radius 1 is 1.21 bits per heavy atom. The van der Waals surface area contributed by atoms with Crippen molar-refractivity contribution in [2.45, 2.75) is 38.6 Å². The van der Waals surface area contributed by atoms with Gasteiger partial charge in [-0.3, -0.25) is 4.90 Å². The molecule has 7 nitrogen and oxygen atoms in total. The van der Waals surface area contributed by atoms with E-state index in [0.29, 0.717) is 35.0 Å². The van der Waals surface area contributed by atoms with Gasteiger partial charge in [-0.1, -0.05) is 35.9 Å². The van der Waals surface area contributed by atoms with Crippen molar-refractivity contribution in [1.82, 2.24) is 19.4 Å². The van der Waals surface area contributed by atoms with E-state index in [4.69, 9.17) is 26.1 Å². The van der Waals surface area contributed by atoms with Crippen molar-refractivity contribution < 1.29 is 13.9 Å². The SMILES string of the molecule is N#Cc1cnc2c(c1)nc(CN1CC=C(c3cccc(OCc4ccc(Cl)cc4F)c3)CC1)n2C[C@@H]1CCO1. The lowest BCUT2D eigenvalue weighted by molar-refractivity contribution is -0.0592. The Morgan fingerprint density at radius 2 is 2.10 bits per heavy atom. The van der Waals surface area contributed by atoms with Crippen LogP contribution in [0.5, 0.6) is 5.75 Å². The molecular formula is C30H27ClFN5O2. The van der Waals surface area contributed by atoms with Gasteiger partial charge in [0.1, 0.15) is 35.6 Å². The van der Waals surface area contributed by atoms with Gasteiger partial charge in [0, 0.05) is 36.5 Å². The first-order valence-electron chi connectivity index (χ1n) is 13.0. The first-order chi connectivity index (χ1) is 19.1. The van der Waals surface area contributed by atoms with Crippen LogP contribution in [0.1, 0.15) is 35.4 Å². The van der Waals surface area contributed by atoms with Crippen LogP contribution in [-0.4, -0.2) is 45.2 Å². The monoisotopic (exact) mass is 543 g/mol. The summed E-state index contributed by atoms with van der Waals surface area (Å²) in [6.45, 7) is 4.00. The third-order valence-electron chi connectivity index (χ3n) is 7.25. The van der Waals surface area contributed by atoms with Crippen LogP contribution in [0.15, 0.2) is 60.8 Å². The summed E-state index contributed by atoms with van der Waals surface area (Å²) >= 11 is 5.85. The summed E-state index contributed by atoms with van der Waals surface area (Å²) in [5, 5.41) is 9.65. The second-order valence-electron chi connectivity index (χ2n) is 9.87. The van der Waals surface area contributed by atoms with Crippen molar-refractivity contribution in [3.05, 3.63) is 94.2 Å². The van der Waals surface area contributed by atoms with Gasteiger partial charge in [-0.25, -0.2) is 14.4 Å². The van der Waals surface area contributed by atoms with Gasteiger partial charge in [0.25, 0.3) is 0 Å². The summed E-state index contributed by atoms with van der Waals surface area (Å²) in [5.74, 6) is 1.26. The highest BCUT2D eigenvalue weighted by molar-refractivity contribution is 6.30. The van der Waals surface area contributed by atoms with Crippen molar-refractivity contribution in [1.29, 1.82) is 5.26 Å². The van der Waals surface area contributed by atoms with Crippen LogP contribution < -0.4 is 4.74 Å². The molecule has 4 heterocycles. The van der Waals surface area contributed by atoms with E-state index in [1.54, 1.807) is 24.4 Å². The smallest absolute Gasteiger partial charge is 0.160 e. The molecule has 39 heavy (non-hydrogen) atoms. The van der Waals surface area contributed by atoms with Gasteiger partial charge < -0.3 is 14.0 Å². The number of fused-ring (bicyclic) bond motifs is 1. The van der Waals surface area contributed by atoms with Gasteiger partial charge in [0.15, 0.2) is 5.65 Å². The fourth-order valence-electron chi connectivity index (χ4n) is 4.97. The number of hydrogen-bond acceptors (Lipinski definition) is 6. The number of nitriles is 1. The number of ether oxygens (including phenoxy) is 2. The van der Waals surface area contributed by atoms with Crippen molar-refractivity contribution in [2.24, 2.45) is 0 Å². The van der Waals surface area contributed by atoms with Gasteiger partial charge in [-0.05, 0) is 54.3 Å². The predicted octanol–water partition coefficient (Wildman–Crippen LogP) is 5.75. The van der Waals surface area contributed by atoms with Crippen LogP contribution in [-0.2, 0) is 24.4 Å². The number of nitrogens with zero attached hydrogens (tertiary/aromatic N) is 5. The Balaban J connectivity index is 1.14. The largest absolute Gasteiger partial charge is 0.489 e. The fraction of sp³-hybridized carbons (Fsp3) is 0.300. The van der Waals surface area contributed by atoms with Crippen LogP contribution in [0.4, 0.5) is 4.39 Å². The molecule has 0 saturated carbocycles. The molecule has 0 N–H and O–H groups in total. The van der Waals surface area contributed by atoms with Gasteiger partial charge in [0.05, 0.1) is 24.8 Å². The maximum Gasteiger partial charge on any atom is 0.160 e. The molecule has 0 amide bonds. The Morgan fingerprint density at radius 3 is 2.85 bits per heavy atom. The first-order valence-corrected chi connectivity index (χ1v) is 13.4. The topological polar surface area (TPSA) is 76.2 Å². The van der Waals surface area contributed by atoms with E-state index in [1.807, 2.05) is 18.2 Å². The van der Waals surface area contributed by atoms with E-state index < -0.39 is 0 Å². The van der Waals surface area contributed by atoms with E-state index in [9.17, 15) is 9.65 Å². The average Bonchev–Trinajstić information content (AvgIpc) is 3.26. The second-order valence-corrected chi connectivity index (χ2v) is 10.3. The molecule has 0 unspecified atom stereocenters. The fourth-order valence-corrected chi connectivity index (χ4v) is 5.12. The molecule has 2 aliphatic heterocycles. The Hall–Kier alpha value is -3.77. The quantitative estimate of drug-likeness (QED) is 0.281. The lowest BCUT2D eigenvalue weighted by Crippen LogP contribution is -2.33. The van der Waals surface area contributed by atoms with E-state index in [-0.39, 0.29) is 18.5 Å². The maximum absolute atomic E-state index is 14.1. The average molecular weight is 544 g/mol. The molecule has 1 atom stereocenters. The minimum Gasteiger partial charge on any atom is -0.489 e. The summed E-state index contributed by atoms with van der Waals surface area (Å²) < 4.78 is 27.8. The van der Waals surface area contributed by atoms with Gasteiger partial charge in [-0.15, -0.1) is 0 Å². The molecule has 1 saturated heterocycles. The number of aromatic nitrogens is 3. The molecule has 2 aromatic carbocycles. The number of imidazole rings is 1. The molecular weight excluding hydrogens is 517 g/mol. The molecule has 0 spiro atoms. The van der Waals surface area contributed by atoms with E-state index in [1.165, 1.54) is 11.6 Å². The highest BCUT2D eigenvalue weighted by atomic mass is 35.5. The van der Waals surface area contributed by atoms with Crippen LogP contribution in [0.3, 0.4) is 0 Å². The first kappa shape index (κ1) is 25.5. The summed E-state index contributed by atoms with van der Waals surface area (Å²) in [4.78, 5) is 11.7. The molecule has 6 rings (SSSR count). The predicted molar refractivity (Wildman–Crippen MR) is 147 cm³/mol. The molecule has 198 valence electrons. The summed E-state index contributed by atoms with van der Waals surface area (Å²) in [6, 6.07) is 16.5. The maximum atomic E-state index is 14.1. The number of benzene rings is 2. The Labute approximate surface area is 231 Å². The number of pyridine rings is 1. The zero-order valence-corrected chi connectivity index (χ0v) is 22.1. The van der Waals surface area contributed by atoms with Gasteiger partial charge in [0.2, 0.25) is 0 Å². The van der Waals surface area contributed by atoms with Gasteiger partial charge >= 0.3 is 0 Å². The van der Waals surface area contributed by atoms with Crippen LogP contribution in [0.25, 0.3) is 16.7 Å². The second kappa shape index (κ2) is 11.1. The third-order valence-corrected chi connectivity index (χ3v) is 7.48. The summed E-state index contributed by atoms with van der Waals surface area (Å²) in [7, 11) is 0. The van der Waals surface area contributed by atoms with Gasteiger partial charge in [-0.2, -0.15) is 5.26 Å². The third kappa shape index (κ3) is 5.66. The molecule has 0 aliphatic carbocycles. The van der Waals surface area contributed by atoms with Crippen molar-refractivity contribution in [3.63, 3.8) is 0 Å². The minimum atomic E-state index is -0.372. The standard InChI is InChI=1S/C30H27ClFN5O2/c31-24-5-4-23(27(32)14-24)19-39-25-3-1-2-22(13-25)21-6-9-36(10-7-21)18-29-35-28-12-20(15-33)16-34-30(28)37(29)17-26-8-11-38-26/h1-6,12-14,16,26H,7-11,17-19H2/t26-/m0/s1. The van der Waals surface area contributed by atoms with E-state index in [2.05, 4.69) is 32.7 Å². The highest BCUT2D eigenvalue weighted by Crippen LogP contribution is 2.28. The zero-order valence-electron chi connectivity index (χ0n) is 21.3. The van der Waals surface area contributed by atoms with E-state index >= 15 is 0 Å². The zero-order chi connectivity index (χ0) is 26.8. The van der Waals surface area contributed by atoms with Crippen molar-refractivity contribution >= 4 is 28.3 Å². The van der Waals surface area contributed by atoms with Crippen LogP contribution in [0, 0.1) is 17.1 Å². The molecule has 2 aromatic heterocycles. The van der Waals surface area contributed by atoms with Crippen LogP contribution in [0.2, 0.25) is 5.02 Å². The molecule has 2 aliphatic rings. The number of halogens is 2. The minimum absolute atomic E-state index is 0.136. The molecule has 1 fully saturated rings. The normalized spacial score (nSPS) is 17.5. The molecule has 9 heteroatoms. The van der Waals surface area contributed by atoms with Crippen LogP contribution >= 0.6 is 11.6 Å². The summed E-state index contributed by atoms with van der Waals surface area (Å²) in [6.07, 6.45) is 5.94. The summed E-state index contributed by atoms with van der Waals surface area (Å²) in [5.41, 5.74) is 4.87. The van der Waals surface area contributed by atoms with Crippen molar-refractivity contribution in [3.8, 4) is 11.8 Å². The highest BCUT2D eigenvalue weighted by Gasteiger charge is 2.24. The van der Waals surface area contributed by atoms with Crippen molar-refractivity contribution in [2.75, 3.05) is 19.7 Å². The Bertz CT molecular complexity index is 1590. The Kier molecular flexibility index (Phi) is 7.29. The lowest BCUT2D eigenvalue weighted by Gasteiger charge is -2.29. The molecule has 0 bridgehead atoms. The molecule has 4 aromatic rings.